The number of phenols is 1. The minimum absolute atomic E-state index is 0.186. The number of carbonyl (C=O) groups is 3. The highest BCUT2D eigenvalue weighted by Crippen LogP contribution is 2.36. The fourth-order valence-corrected chi connectivity index (χ4v) is 2.36. The summed E-state index contributed by atoms with van der Waals surface area (Å²) in [5.41, 5.74) is -0.990. The van der Waals surface area contributed by atoms with Crippen molar-refractivity contribution in [2.75, 3.05) is 39.6 Å². The molecule has 0 radical (unpaired) electrons. The van der Waals surface area contributed by atoms with Crippen molar-refractivity contribution < 1.29 is 42.8 Å². The van der Waals surface area contributed by atoms with E-state index in [1.165, 1.54) is 0 Å². The predicted molar refractivity (Wildman–Crippen MR) is 83.8 cm³/mol. The standard InChI is InChI=1S/C16H16FNO8/c1-23-14(20)8-4-10(17)13(19)11(5-8)18-7-26-6-9(15(21)24-2)12(18)16(22)25-3/h4-5,19H,6-7H2,1-3H3. The van der Waals surface area contributed by atoms with Crippen LogP contribution < -0.4 is 4.90 Å². The first kappa shape index (κ1) is 19.2. The molecular weight excluding hydrogens is 353 g/mol. The van der Waals surface area contributed by atoms with Gasteiger partial charge in [0, 0.05) is 0 Å². The van der Waals surface area contributed by atoms with Crippen LogP contribution in [0, 0.1) is 5.82 Å². The Morgan fingerprint density at radius 3 is 2.27 bits per heavy atom. The van der Waals surface area contributed by atoms with E-state index in [0.717, 1.165) is 38.4 Å². The molecule has 140 valence electrons. The Morgan fingerprint density at radius 1 is 1.08 bits per heavy atom. The topological polar surface area (TPSA) is 112 Å². The lowest BCUT2D eigenvalue weighted by Crippen LogP contribution is -2.39. The van der Waals surface area contributed by atoms with Crippen LogP contribution in [0.15, 0.2) is 23.4 Å². The van der Waals surface area contributed by atoms with Gasteiger partial charge in [0.1, 0.15) is 12.4 Å². The van der Waals surface area contributed by atoms with Crippen molar-refractivity contribution in [3.63, 3.8) is 0 Å². The van der Waals surface area contributed by atoms with Gasteiger partial charge in [-0.1, -0.05) is 0 Å². The number of phenolic OH excluding ortho intramolecular Hbond substituents is 1. The number of methoxy groups -OCH3 is 3. The number of rotatable bonds is 4. The van der Waals surface area contributed by atoms with Crippen LogP contribution in [-0.4, -0.2) is 57.7 Å². The molecule has 0 atom stereocenters. The summed E-state index contributed by atoms with van der Waals surface area (Å²) < 4.78 is 33.1. The van der Waals surface area contributed by atoms with Crippen molar-refractivity contribution in [2.24, 2.45) is 0 Å². The van der Waals surface area contributed by atoms with Gasteiger partial charge in [-0.05, 0) is 12.1 Å². The molecule has 2 rings (SSSR count). The second kappa shape index (κ2) is 7.83. The zero-order valence-electron chi connectivity index (χ0n) is 14.2. The third-order valence-electron chi connectivity index (χ3n) is 3.59. The Morgan fingerprint density at radius 2 is 1.69 bits per heavy atom. The second-order valence-electron chi connectivity index (χ2n) is 5.03. The Balaban J connectivity index is 2.68. The first-order valence-electron chi connectivity index (χ1n) is 7.21. The molecule has 1 heterocycles. The summed E-state index contributed by atoms with van der Waals surface area (Å²) in [5.74, 6) is -4.64. The maximum Gasteiger partial charge on any atom is 0.355 e. The summed E-state index contributed by atoms with van der Waals surface area (Å²) in [6, 6.07) is 1.87. The van der Waals surface area contributed by atoms with Gasteiger partial charge in [-0.15, -0.1) is 0 Å². The lowest BCUT2D eigenvalue weighted by Gasteiger charge is -2.31. The van der Waals surface area contributed by atoms with E-state index in [1.807, 2.05) is 0 Å². The summed E-state index contributed by atoms with van der Waals surface area (Å²) in [4.78, 5) is 36.9. The Bertz CT molecular complexity index is 789. The molecule has 0 bridgehead atoms. The first-order chi connectivity index (χ1) is 12.3. The number of hydrogen-bond acceptors (Lipinski definition) is 9. The average Bonchev–Trinajstić information content (AvgIpc) is 2.67. The highest BCUT2D eigenvalue weighted by molar-refractivity contribution is 6.04. The normalized spacial score (nSPS) is 14.1. The molecule has 0 unspecified atom stereocenters. The van der Waals surface area contributed by atoms with Crippen LogP contribution in [-0.2, 0) is 28.5 Å². The van der Waals surface area contributed by atoms with Crippen LogP contribution in [0.1, 0.15) is 10.4 Å². The van der Waals surface area contributed by atoms with Gasteiger partial charge < -0.3 is 29.0 Å². The van der Waals surface area contributed by atoms with Gasteiger partial charge in [0.05, 0.1) is 44.8 Å². The van der Waals surface area contributed by atoms with Gasteiger partial charge in [-0.25, -0.2) is 18.8 Å². The van der Waals surface area contributed by atoms with Crippen molar-refractivity contribution in [1.29, 1.82) is 0 Å². The summed E-state index contributed by atoms with van der Waals surface area (Å²) in [6.07, 6.45) is 0. The smallest absolute Gasteiger partial charge is 0.355 e. The van der Waals surface area contributed by atoms with E-state index in [9.17, 15) is 23.9 Å². The number of anilines is 1. The van der Waals surface area contributed by atoms with E-state index in [-0.39, 0.29) is 35.9 Å². The summed E-state index contributed by atoms with van der Waals surface area (Å²) in [6.45, 7) is -0.573. The molecule has 0 saturated carbocycles. The average molecular weight is 369 g/mol. The monoisotopic (exact) mass is 369 g/mol. The minimum atomic E-state index is -1.13. The highest BCUT2D eigenvalue weighted by atomic mass is 19.1. The number of ether oxygens (including phenoxy) is 4. The van der Waals surface area contributed by atoms with Crippen LogP contribution in [0.2, 0.25) is 0 Å². The minimum Gasteiger partial charge on any atom is -0.503 e. The molecule has 1 aliphatic heterocycles. The number of esters is 3. The lowest BCUT2D eigenvalue weighted by molar-refractivity contribution is -0.140. The quantitative estimate of drug-likeness (QED) is 0.606. The molecule has 0 aliphatic carbocycles. The molecule has 1 aromatic rings. The Hall–Kier alpha value is -3.14. The fourth-order valence-electron chi connectivity index (χ4n) is 2.36. The first-order valence-corrected chi connectivity index (χ1v) is 7.21. The number of carbonyl (C=O) groups excluding carboxylic acids is 3. The number of benzene rings is 1. The Labute approximate surface area is 147 Å². The molecule has 10 heteroatoms. The van der Waals surface area contributed by atoms with Crippen molar-refractivity contribution in [3.05, 3.63) is 34.8 Å². The molecule has 0 spiro atoms. The van der Waals surface area contributed by atoms with E-state index < -0.39 is 29.5 Å². The van der Waals surface area contributed by atoms with Crippen LogP contribution in [0.25, 0.3) is 0 Å². The van der Waals surface area contributed by atoms with Crippen LogP contribution in [0.3, 0.4) is 0 Å². The molecular formula is C16H16FNO8. The zero-order chi connectivity index (χ0) is 19.4. The molecule has 1 N–H and O–H groups in total. The van der Waals surface area contributed by atoms with Crippen LogP contribution >= 0.6 is 0 Å². The summed E-state index contributed by atoms with van der Waals surface area (Å²) >= 11 is 0. The molecule has 26 heavy (non-hydrogen) atoms. The van der Waals surface area contributed by atoms with Crippen LogP contribution in [0.5, 0.6) is 5.75 Å². The number of nitrogens with zero attached hydrogens (tertiary/aromatic N) is 1. The molecule has 0 fully saturated rings. The fraction of sp³-hybridized carbons (Fsp3) is 0.312. The van der Waals surface area contributed by atoms with E-state index in [0.29, 0.717) is 0 Å². The van der Waals surface area contributed by atoms with Crippen molar-refractivity contribution >= 4 is 23.6 Å². The lowest BCUT2D eigenvalue weighted by atomic mass is 10.1. The summed E-state index contributed by atoms with van der Waals surface area (Å²) in [5, 5.41) is 10.1. The van der Waals surface area contributed by atoms with Gasteiger partial charge >= 0.3 is 17.9 Å². The van der Waals surface area contributed by atoms with Crippen molar-refractivity contribution in [3.8, 4) is 5.75 Å². The maximum atomic E-state index is 14.1. The molecule has 0 amide bonds. The third-order valence-corrected chi connectivity index (χ3v) is 3.59. The van der Waals surface area contributed by atoms with Gasteiger partial charge in [0.25, 0.3) is 0 Å². The molecule has 1 aromatic carbocycles. The largest absolute Gasteiger partial charge is 0.503 e. The maximum absolute atomic E-state index is 14.1. The predicted octanol–water partition coefficient (Wildman–Crippen LogP) is 0.712. The zero-order valence-corrected chi connectivity index (χ0v) is 14.2. The van der Waals surface area contributed by atoms with Crippen molar-refractivity contribution in [1.82, 2.24) is 0 Å². The molecule has 1 aliphatic rings. The van der Waals surface area contributed by atoms with E-state index in [2.05, 4.69) is 14.2 Å². The summed E-state index contributed by atoms with van der Waals surface area (Å²) in [7, 11) is 3.30. The molecule has 9 nitrogen and oxygen atoms in total. The van der Waals surface area contributed by atoms with E-state index in [1.54, 1.807) is 0 Å². The second-order valence-corrected chi connectivity index (χ2v) is 5.03. The molecule has 0 saturated heterocycles. The van der Waals surface area contributed by atoms with Gasteiger partial charge in [0.15, 0.2) is 11.6 Å². The number of hydrogen-bond donors (Lipinski definition) is 1. The van der Waals surface area contributed by atoms with Gasteiger partial charge in [-0.3, -0.25) is 0 Å². The number of halogens is 1. The highest BCUT2D eigenvalue weighted by Gasteiger charge is 2.34. The van der Waals surface area contributed by atoms with Gasteiger partial charge in [0.2, 0.25) is 0 Å². The van der Waals surface area contributed by atoms with Crippen LogP contribution in [0.4, 0.5) is 10.1 Å². The Kier molecular flexibility index (Phi) is 5.78. The van der Waals surface area contributed by atoms with Gasteiger partial charge in [-0.2, -0.15) is 0 Å². The van der Waals surface area contributed by atoms with Crippen molar-refractivity contribution in [2.45, 2.75) is 0 Å². The molecule has 0 aromatic heterocycles. The third kappa shape index (κ3) is 3.45. The van der Waals surface area contributed by atoms with E-state index in [4.69, 9.17) is 4.74 Å². The van der Waals surface area contributed by atoms with E-state index >= 15 is 0 Å². The number of aromatic hydroxyl groups is 1. The SMILES string of the molecule is COC(=O)C1=C(C(=O)OC)N(c2cc(C(=O)OC)cc(F)c2O)COC1.